The Labute approximate surface area is 102 Å². The molecule has 1 aliphatic rings. The third-order valence-electron chi connectivity index (χ3n) is 2.15. The molecule has 0 radical (unpaired) electrons. The minimum Gasteiger partial charge on any atom is -0.276 e. The zero-order valence-electron chi connectivity index (χ0n) is 8.44. The van der Waals surface area contributed by atoms with Crippen LogP contribution in [0.3, 0.4) is 0 Å². The summed E-state index contributed by atoms with van der Waals surface area (Å²) in [5, 5.41) is 0.00125. The Hall–Kier alpha value is -1.26. The fourth-order valence-corrected chi connectivity index (χ4v) is 2.53. The molecule has 1 heterocycles. The van der Waals surface area contributed by atoms with Gasteiger partial charge in [0.25, 0.3) is 11.8 Å². The Morgan fingerprint density at radius 3 is 2.25 bits per heavy atom. The highest BCUT2D eigenvalue weighted by atomic mass is 35.5. The highest BCUT2D eigenvalue weighted by Crippen LogP contribution is 2.35. The van der Waals surface area contributed by atoms with Gasteiger partial charge in [-0.15, -0.1) is 0 Å². The monoisotopic (exact) mass is 253 g/mol. The van der Waals surface area contributed by atoms with Gasteiger partial charge in [0.2, 0.25) is 0 Å². The van der Waals surface area contributed by atoms with E-state index in [2.05, 4.69) is 0 Å². The third kappa shape index (κ3) is 1.86. The van der Waals surface area contributed by atoms with E-state index >= 15 is 0 Å². The SMILES string of the molecule is CN1C(=O)C(Cl)=C(Sc2ccccc2)C1=O. The highest BCUT2D eigenvalue weighted by Gasteiger charge is 2.35. The number of carbonyl (C=O) groups excluding carboxylic acids is 2. The van der Waals surface area contributed by atoms with Crippen molar-refractivity contribution in [2.24, 2.45) is 0 Å². The Morgan fingerprint density at radius 1 is 1.12 bits per heavy atom. The van der Waals surface area contributed by atoms with Crippen molar-refractivity contribution in [3.05, 3.63) is 40.3 Å². The molecule has 82 valence electrons. The molecular formula is C11H8ClNO2S. The molecule has 0 bridgehead atoms. The fraction of sp³-hybridized carbons (Fsp3) is 0.0909. The van der Waals surface area contributed by atoms with Crippen LogP contribution in [-0.4, -0.2) is 23.8 Å². The number of benzene rings is 1. The van der Waals surface area contributed by atoms with Crippen LogP contribution in [0.15, 0.2) is 45.2 Å². The first kappa shape index (κ1) is 11.2. The number of rotatable bonds is 2. The normalized spacial score (nSPS) is 16.2. The quantitative estimate of drug-likeness (QED) is 0.759. The second-order valence-electron chi connectivity index (χ2n) is 3.23. The summed E-state index contributed by atoms with van der Waals surface area (Å²) in [6.45, 7) is 0. The number of carbonyl (C=O) groups is 2. The highest BCUT2D eigenvalue weighted by molar-refractivity contribution is 8.04. The Kier molecular flexibility index (Phi) is 3.03. The van der Waals surface area contributed by atoms with Crippen LogP contribution < -0.4 is 0 Å². The minimum absolute atomic E-state index is 0.00125. The van der Waals surface area contributed by atoms with Gasteiger partial charge in [-0.25, -0.2) is 0 Å². The largest absolute Gasteiger partial charge is 0.276 e. The number of nitrogens with zero attached hydrogens (tertiary/aromatic N) is 1. The first-order valence-corrected chi connectivity index (χ1v) is 5.76. The molecule has 0 saturated carbocycles. The zero-order valence-corrected chi connectivity index (χ0v) is 10.0. The summed E-state index contributed by atoms with van der Waals surface area (Å²) >= 11 is 7.03. The lowest BCUT2D eigenvalue weighted by atomic mass is 10.4. The summed E-state index contributed by atoms with van der Waals surface area (Å²) in [6, 6.07) is 9.33. The van der Waals surface area contributed by atoms with Gasteiger partial charge >= 0.3 is 0 Å². The van der Waals surface area contributed by atoms with Crippen LogP contribution in [-0.2, 0) is 9.59 Å². The second-order valence-corrected chi connectivity index (χ2v) is 4.69. The third-order valence-corrected chi connectivity index (χ3v) is 3.71. The van der Waals surface area contributed by atoms with Crippen molar-refractivity contribution in [3.8, 4) is 0 Å². The number of hydrogen-bond acceptors (Lipinski definition) is 3. The summed E-state index contributed by atoms with van der Waals surface area (Å²) < 4.78 is 0. The second kappa shape index (κ2) is 4.31. The molecule has 0 N–H and O–H groups in total. The molecule has 0 aliphatic carbocycles. The number of hydrogen-bond donors (Lipinski definition) is 0. The molecule has 3 nitrogen and oxygen atoms in total. The molecule has 2 amide bonds. The average Bonchev–Trinajstić information content (AvgIpc) is 2.48. The maximum atomic E-state index is 11.7. The van der Waals surface area contributed by atoms with E-state index in [-0.39, 0.29) is 10.9 Å². The molecule has 2 rings (SSSR count). The Bertz CT molecular complexity index is 484. The van der Waals surface area contributed by atoms with E-state index in [1.807, 2.05) is 30.3 Å². The van der Waals surface area contributed by atoms with Crippen LogP contribution in [0.2, 0.25) is 0 Å². The predicted octanol–water partition coefficient (Wildman–Crippen LogP) is 2.23. The fourth-order valence-electron chi connectivity index (χ4n) is 1.28. The molecule has 5 heteroatoms. The molecule has 1 aromatic carbocycles. The van der Waals surface area contributed by atoms with Crippen LogP contribution in [0.1, 0.15) is 0 Å². The average molecular weight is 254 g/mol. The van der Waals surface area contributed by atoms with E-state index in [0.717, 1.165) is 9.80 Å². The van der Waals surface area contributed by atoms with Crippen LogP contribution >= 0.6 is 23.4 Å². The molecule has 0 aromatic heterocycles. The number of likely N-dealkylation sites (N-methyl/N-ethyl adjacent to an activating group) is 1. The van der Waals surface area contributed by atoms with Crippen molar-refractivity contribution in [2.75, 3.05) is 7.05 Å². The van der Waals surface area contributed by atoms with Crippen LogP contribution in [0.25, 0.3) is 0 Å². The van der Waals surface area contributed by atoms with E-state index in [9.17, 15) is 9.59 Å². The molecule has 16 heavy (non-hydrogen) atoms. The van der Waals surface area contributed by atoms with Gasteiger partial charge in [-0.05, 0) is 12.1 Å². The van der Waals surface area contributed by atoms with Crippen molar-refractivity contribution in [1.29, 1.82) is 0 Å². The van der Waals surface area contributed by atoms with Crippen molar-refractivity contribution in [3.63, 3.8) is 0 Å². The lowest BCUT2D eigenvalue weighted by Gasteiger charge is -2.05. The van der Waals surface area contributed by atoms with Crippen LogP contribution in [0, 0.1) is 0 Å². The van der Waals surface area contributed by atoms with Gasteiger partial charge in [0.15, 0.2) is 0 Å². The molecule has 0 unspecified atom stereocenters. The zero-order chi connectivity index (χ0) is 11.7. The summed E-state index contributed by atoms with van der Waals surface area (Å²) in [6.07, 6.45) is 0. The van der Waals surface area contributed by atoms with Gasteiger partial charge in [0.1, 0.15) is 9.94 Å². The molecule has 1 aliphatic heterocycles. The number of imide groups is 1. The topological polar surface area (TPSA) is 37.4 Å². The predicted molar refractivity (Wildman–Crippen MR) is 63.0 cm³/mol. The molecular weight excluding hydrogens is 246 g/mol. The number of amides is 2. The molecule has 0 saturated heterocycles. The molecule has 0 fully saturated rings. The lowest BCUT2D eigenvalue weighted by Crippen LogP contribution is -2.26. The van der Waals surface area contributed by atoms with Crippen molar-refractivity contribution in [1.82, 2.24) is 4.90 Å². The number of thioether (sulfide) groups is 1. The standard InChI is InChI=1S/C11H8ClNO2S/c1-13-10(14)8(12)9(11(13)15)16-7-5-3-2-4-6-7/h2-6H,1H3. The van der Waals surface area contributed by atoms with E-state index < -0.39 is 5.91 Å². The lowest BCUT2D eigenvalue weighted by molar-refractivity contribution is -0.135. The molecule has 0 atom stereocenters. The van der Waals surface area contributed by atoms with Crippen molar-refractivity contribution >= 4 is 35.2 Å². The maximum Gasteiger partial charge on any atom is 0.273 e. The minimum atomic E-state index is -0.440. The summed E-state index contributed by atoms with van der Waals surface area (Å²) in [7, 11) is 1.42. The van der Waals surface area contributed by atoms with E-state index in [1.165, 1.54) is 18.8 Å². The summed E-state index contributed by atoms with van der Waals surface area (Å²) in [4.78, 5) is 25.3. The summed E-state index contributed by atoms with van der Waals surface area (Å²) in [5.41, 5.74) is 0. The van der Waals surface area contributed by atoms with E-state index in [1.54, 1.807) is 0 Å². The van der Waals surface area contributed by atoms with Gasteiger partial charge in [0.05, 0.1) is 0 Å². The van der Waals surface area contributed by atoms with Gasteiger partial charge in [-0.3, -0.25) is 14.5 Å². The Balaban J connectivity index is 2.29. The first-order valence-electron chi connectivity index (χ1n) is 4.56. The smallest absolute Gasteiger partial charge is 0.273 e. The van der Waals surface area contributed by atoms with Gasteiger partial charge in [0, 0.05) is 11.9 Å². The van der Waals surface area contributed by atoms with Gasteiger partial charge in [-0.2, -0.15) is 0 Å². The summed E-state index contributed by atoms with van der Waals surface area (Å²) in [5.74, 6) is -0.783. The van der Waals surface area contributed by atoms with E-state index in [0.29, 0.717) is 4.91 Å². The van der Waals surface area contributed by atoms with Gasteiger partial charge < -0.3 is 0 Å². The van der Waals surface area contributed by atoms with Crippen molar-refractivity contribution < 1.29 is 9.59 Å². The van der Waals surface area contributed by atoms with Crippen molar-refractivity contribution in [2.45, 2.75) is 4.90 Å². The van der Waals surface area contributed by atoms with E-state index in [4.69, 9.17) is 11.6 Å². The van der Waals surface area contributed by atoms with Gasteiger partial charge in [-0.1, -0.05) is 41.6 Å². The van der Waals surface area contributed by atoms with Crippen LogP contribution in [0.5, 0.6) is 0 Å². The molecule has 0 spiro atoms. The number of halogens is 1. The Morgan fingerprint density at radius 2 is 1.75 bits per heavy atom. The van der Waals surface area contributed by atoms with Crippen LogP contribution in [0.4, 0.5) is 0 Å². The first-order chi connectivity index (χ1) is 7.61. The maximum absolute atomic E-state index is 11.7. The molecule has 1 aromatic rings.